The number of anilines is 3. The van der Waals surface area contributed by atoms with Crippen LogP contribution in [0.3, 0.4) is 0 Å². The second-order valence-corrected chi connectivity index (χ2v) is 8.58. The maximum absolute atomic E-state index is 12.6. The first-order chi connectivity index (χ1) is 17.1. The molecule has 0 unspecified atom stereocenters. The number of nitrogens with zero attached hydrogens (tertiary/aromatic N) is 4. The molecule has 1 saturated heterocycles. The second-order valence-electron chi connectivity index (χ2n) is 8.58. The lowest BCUT2D eigenvalue weighted by atomic mass is 10.1. The van der Waals surface area contributed by atoms with E-state index in [1.54, 1.807) is 55.0 Å². The molecule has 9 heteroatoms. The zero-order valence-corrected chi connectivity index (χ0v) is 19.9. The van der Waals surface area contributed by atoms with E-state index in [4.69, 9.17) is 0 Å². The normalized spacial score (nSPS) is 14.3. The molecule has 0 radical (unpaired) electrons. The third kappa shape index (κ3) is 7.33. The summed E-state index contributed by atoms with van der Waals surface area (Å²) in [6.07, 6.45) is 5.73. The fraction of sp³-hybridized carbons (Fsp3) is 0.308. The van der Waals surface area contributed by atoms with Crippen molar-refractivity contribution in [2.75, 3.05) is 56.9 Å². The lowest BCUT2D eigenvalue weighted by Crippen LogP contribution is -2.45. The van der Waals surface area contributed by atoms with Gasteiger partial charge in [0.2, 0.25) is 0 Å². The van der Waals surface area contributed by atoms with E-state index in [9.17, 15) is 9.59 Å². The molecule has 1 aliphatic rings. The number of carbonyl (C=O) groups excluding carboxylic acids is 2. The Labute approximate surface area is 205 Å². The highest BCUT2D eigenvalue weighted by molar-refractivity contribution is 6.04. The van der Waals surface area contributed by atoms with Gasteiger partial charge in [0, 0.05) is 73.8 Å². The number of likely N-dealkylation sites (N-methyl/N-ethyl adjacent to an activating group) is 1. The van der Waals surface area contributed by atoms with Crippen molar-refractivity contribution in [3.63, 3.8) is 0 Å². The fourth-order valence-electron chi connectivity index (χ4n) is 3.84. The number of benzene rings is 1. The Bertz CT molecular complexity index is 1130. The van der Waals surface area contributed by atoms with Gasteiger partial charge in [0.05, 0.1) is 0 Å². The molecule has 2 amide bonds. The van der Waals surface area contributed by atoms with Gasteiger partial charge in [0.1, 0.15) is 5.82 Å². The molecular weight excluding hydrogens is 442 g/mol. The standard InChI is InChI=1S/C26H31N7O2/c1-32-14-16-33(17-15-32)13-3-9-29-25(34)20-4-2-5-23(18-20)30-24-19-21(6-12-28-24)26(35)31-22-7-10-27-11-8-22/h2,4-8,10-12,18-19H,3,9,13-17H2,1H3,(H,28,30)(H,29,34)(H,27,31,35). The van der Waals surface area contributed by atoms with Crippen LogP contribution in [0.4, 0.5) is 17.2 Å². The summed E-state index contributed by atoms with van der Waals surface area (Å²) >= 11 is 0. The summed E-state index contributed by atoms with van der Waals surface area (Å²) < 4.78 is 0. The molecule has 1 aromatic carbocycles. The molecule has 0 atom stereocenters. The number of piperazine rings is 1. The topological polar surface area (TPSA) is 102 Å². The summed E-state index contributed by atoms with van der Waals surface area (Å²) in [5.74, 6) is 0.161. The zero-order valence-electron chi connectivity index (χ0n) is 19.9. The molecule has 0 saturated carbocycles. The first-order valence-corrected chi connectivity index (χ1v) is 11.8. The molecular formula is C26H31N7O2. The summed E-state index contributed by atoms with van der Waals surface area (Å²) in [7, 11) is 2.15. The molecule has 182 valence electrons. The fourth-order valence-corrected chi connectivity index (χ4v) is 3.84. The van der Waals surface area contributed by atoms with Crippen molar-refractivity contribution in [1.82, 2.24) is 25.1 Å². The number of aromatic nitrogens is 2. The molecule has 2 aromatic heterocycles. The van der Waals surface area contributed by atoms with Crippen molar-refractivity contribution in [2.24, 2.45) is 0 Å². The van der Waals surface area contributed by atoms with Crippen LogP contribution in [-0.4, -0.2) is 77.9 Å². The number of amides is 2. The maximum Gasteiger partial charge on any atom is 0.255 e. The van der Waals surface area contributed by atoms with Gasteiger partial charge in [-0.05, 0) is 62.5 Å². The van der Waals surface area contributed by atoms with Crippen molar-refractivity contribution in [3.8, 4) is 0 Å². The van der Waals surface area contributed by atoms with Crippen LogP contribution < -0.4 is 16.0 Å². The van der Waals surface area contributed by atoms with Gasteiger partial charge in [-0.1, -0.05) is 6.07 Å². The van der Waals surface area contributed by atoms with Crippen molar-refractivity contribution >= 4 is 29.0 Å². The van der Waals surface area contributed by atoms with E-state index in [2.05, 4.69) is 42.8 Å². The van der Waals surface area contributed by atoms with E-state index in [1.165, 1.54) is 0 Å². The minimum Gasteiger partial charge on any atom is -0.352 e. The number of pyridine rings is 2. The Kier molecular flexibility index (Phi) is 8.37. The molecule has 3 N–H and O–H groups in total. The van der Waals surface area contributed by atoms with Gasteiger partial charge in [-0.25, -0.2) is 4.98 Å². The molecule has 1 fully saturated rings. The van der Waals surface area contributed by atoms with E-state index in [0.29, 0.717) is 34.9 Å². The van der Waals surface area contributed by atoms with Crippen LogP contribution in [0.15, 0.2) is 67.1 Å². The van der Waals surface area contributed by atoms with Crippen LogP contribution in [0.5, 0.6) is 0 Å². The third-order valence-corrected chi connectivity index (χ3v) is 5.89. The van der Waals surface area contributed by atoms with Gasteiger partial charge in [-0.2, -0.15) is 0 Å². The summed E-state index contributed by atoms with van der Waals surface area (Å²) in [4.78, 5) is 38.2. The third-order valence-electron chi connectivity index (χ3n) is 5.89. The van der Waals surface area contributed by atoms with Gasteiger partial charge >= 0.3 is 0 Å². The number of rotatable bonds is 9. The first kappa shape index (κ1) is 24.3. The van der Waals surface area contributed by atoms with Gasteiger partial charge in [-0.3, -0.25) is 14.6 Å². The van der Waals surface area contributed by atoms with Gasteiger partial charge in [-0.15, -0.1) is 0 Å². The van der Waals surface area contributed by atoms with Crippen molar-refractivity contribution in [2.45, 2.75) is 6.42 Å². The number of carbonyl (C=O) groups is 2. The van der Waals surface area contributed by atoms with Crippen molar-refractivity contribution in [3.05, 3.63) is 78.2 Å². The highest BCUT2D eigenvalue weighted by atomic mass is 16.2. The van der Waals surface area contributed by atoms with Crippen LogP contribution in [0, 0.1) is 0 Å². The molecule has 0 aliphatic carbocycles. The molecule has 1 aliphatic heterocycles. The van der Waals surface area contributed by atoms with Crippen molar-refractivity contribution < 1.29 is 9.59 Å². The van der Waals surface area contributed by atoms with E-state index < -0.39 is 0 Å². The Morgan fingerprint density at radius 3 is 2.46 bits per heavy atom. The van der Waals surface area contributed by atoms with Crippen LogP contribution in [0.25, 0.3) is 0 Å². The molecule has 3 heterocycles. The predicted molar refractivity (Wildman–Crippen MR) is 137 cm³/mol. The van der Waals surface area contributed by atoms with Gasteiger partial charge in [0.15, 0.2) is 0 Å². The minimum atomic E-state index is -0.244. The Hall–Kier alpha value is -3.82. The summed E-state index contributed by atoms with van der Waals surface area (Å²) in [5, 5.41) is 9.02. The highest BCUT2D eigenvalue weighted by Crippen LogP contribution is 2.18. The summed E-state index contributed by atoms with van der Waals surface area (Å²) in [6, 6.07) is 14.0. The molecule has 9 nitrogen and oxygen atoms in total. The summed E-state index contributed by atoms with van der Waals surface area (Å²) in [5.41, 5.74) is 2.42. The minimum absolute atomic E-state index is 0.106. The largest absolute Gasteiger partial charge is 0.352 e. The van der Waals surface area contributed by atoms with Gasteiger partial charge in [0.25, 0.3) is 11.8 Å². The maximum atomic E-state index is 12.6. The molecule has 0 bridgehead atoms. The van der Waals surface area contributed by atoms with Crippen LogP contribution in [0.2, 0.25) is 0 Å². The molecule has 35 heavy (non-hydrogen) atoms. The van der Waals surface area contributed by atoms with Gasteiger partial charge < -0.3 is 25.8 Å². The average Bonchev–Trinajstić information content (AvgIpc) is 2.88. The lowest BCUT2D eigenvalue weighted by Gasteiger charge is -2.32. The van der Waals surface area contributed by atoms with E-state index in [0.717, 1.165) is 39.1 Å². The monoisotopic (exact) mass is 473 g/mol. The van der Waals surface area contributed by atoms with Crippen LogP contribution in [0.1, 0.15) is 27.1 Å². The molecule has 3 aromatic rings. The smallest absolute Gasteiger partial charge is 0.255 e. The predicted octanol–water partition coefficient (Wildman–Crippen LogP) is 2.84. The average molecular weight is 474 g/mol. The number of hydrogen-bond acceptors (Lipinski definition) is 7. The second kappa shape index (κ2) is 12.0. The lowest BCUT2D eigenvalue weighted by molar-refractivity contribution is 0.0948. The number of hydrogen-bond donors (Lipinski definition) is 3. The first-order valence-electron chi connectivity index (χ1n) is 11.8. The SMILES string of the molecule is CN1CCN(CCCNC(=O)c2cccc(Nc3cc(C(=O)Nc4ccncc4)ccn3)c2)CC1. The van der Waals surface area contributed by atoms with Crippen molar-refractivity contribution in [1.29, 1.82) is 0 Å². The number of nitrogens with one attached hydrogen (secondary N) is 3. The van der Waals surface area contributed by atoms with Crippen LogP contribution in [-0.2, 0) is 0 Å². The van der Waals surface area contributed by atoms with E-state index in [-0.39, 0.29) is 11.8 Å². The van der Waals surface area contributed by atoms with Crippen LogP contribution >= 0.6 is 0 Å². The Morgan fingerprint density at radius 1 is 0.886 bits per heavy atom. The Morgan fingerprint density at radius 2 is 1.66 bits per heavy atom. The van der Waals surface area contributed by atoms with E-state index in [1.807, 2.05) is 12.1 Å². The quantitative estimate of drug-likeness (QED) is 0.411. The van der Waals surface area contributed by atoms with E-state index >= 15 is 0 Å². The Balaban J connectivity index is 1.29. The highest BCUT2D eigenvalue weighted by Gasteiger charge is 2.13. The molecule has 4 rings (SSSR count). The zero-order chi connectivity index (χ0) is 24.5. The summed E-state index contributed by atoms with van der Waals surface area (Å²) in [6.45, 7) is 5.99. The molecule has 0 spiro atoms.